The van der Waals surface area contributed by atoms with Gasteiger partial charge in [0.1, 0.15) is 0 Å². The van der Waals surface area contributed by atoms with Gasteiger partial charge in [0.2, 0.25) is 15.9 Å². The van der Waals surface area contributed by atoms with E-state index in [2.05, 4.69) is 9.62 Å². The van der Waals surface area contributed by atoms with Crippen LogP contribution in [-0.2, 0) is 14.8 Å². The van der Waals surface area contributed by atoms with E-state index in [1.807, 2.05) is 6.92 Å². The molecule has 1 N–H and O–H groups in total. The van der Waals surface area contributed by atoms with Gasteiger partial charge in [0, 0.05) is 27.2 Å². The Hall–Kier alpha value is -0.660. The van der Waals surface area contributed by atoms with Gasteiger partial charge in [-0.3, -0.25) is 9.69 Å². The summed E-state index contributed by atoms with van der Waals surface area (Å²) in [7, 11) is 0.430. The number of nitrogens with zero attached hydrogens (tertiary/aromatic N) is 2. The highest BCUT2D eigenvalue weighted by molar-refractivity contribution is 7.89. The van der Waals surface area contributed by atoms with Crippen LogP contribution in [-0.4, -0.2) is 69.6 Å². The molecule has 21 heavy (non-hydrogen) atoms. The number of nitrogens with one attached hydrogen (secondary N) is 1. The van der Waals surface area contributed by atoms with Crippen LogP contribution >= 0.6 is 0 Å². The molecule has 0 aromatic carbocycles. The number of rotatable bonds is 9. The minimum atomic E-state index is -3.13. The molecule has 1 aliphatic rings. The van der Waals surface area contributed by atoms with E-state index in [9.17, 15) is 13.2 Å². The number of hydrogen-bond donors (Lipinski definition) is 1. The van der Waals surface area contributed by atoms with E-state index in [0.717, 1.165) is 38.8 Å². The Balaban J connectivity index is 2.30. The summed E-state index contributed by atoms with van der Waals surface area (Å²) >= 11 is 0. The second-order valence-corrected chi connectivity index (χ2v) is 7.77. The van der Waals surface area contributed by atoms with E-state index in [-0.39, 0.29) is 17.7 Å². The molecule has 124 valence electrons. The number of likely N-dealkylation sites (tertiary alicyclic amines) is 1. The maximum atomic E-state index is 12.0. The summed E-state index contributed by atoms with van der Waals surface area (Å²) < 4.78 is 26.0. The van der Waals surface area contributed by atoms with Gasteiger partial charge in [-0.2, -0.15) is 0 Å². The van der Waals surface area contributed by atoms with Crippen LogP contribution in [0.5, 0.6) is 0 Å². The lowest BCUT2D eigenvalue weighted by Gasteiger charge is -2.26. The van der Waals surface area contributed by atoms with Crippen molar-refractivity contribution in [3.8, 4) is 0 Å². The molecule has 0 aromatic rings. The molecule has 6 nitrogen and oxygen atoms in total. The van der Waals surface area contributed by atoms with Crippen LogP contribution < -0.4 is 4.72 Å². The fourth-order valence-corrected chi connectivity index (χ4v) is 3.86. The molecule has 0 aromatic heterocycles. The number of amides is 1. The Morgan fingerprint density at radius 3 is 2.67 bits per heavy atom. The van der Waals surface area contributed by atoms with E-state index in [1.165, 1.54) is 0 Å². The Bertz CT molecular complexity index is 423. The van der Waals surface area contributed by atoms with Crippen molar-refractivity contribution in [3.05, 3.63) is 0 Å². The van der Waals surface area contributed by atoms with Crippen molar-refractivity contribution >= 4 is 15.9 Å². The van der Waals surface area contributed by atoms with Crippen molar-refractivity contribution < 1.29 is 13.2 Å². The average molecular weight is 319 g/mol. The molecule has 1 saturated heterocycles. The third-order valence-corrected chi connectivity index (χ3v) is 5.27. The van der Waals surface area contributed by atoms with Crippen LogP contribution in [0.2, 0.25) is 0 Å². The number of carbonyl (C=O) groups is 1. The van der Waals surface area contributed by atoms with Gasteiger partial charge < -0.3 is 4.90 Å². The van der Waals surface area contributed by atoms with Gasteiger partial charge in [-0.25, -0.2) is 13.1 Å². The number of likely N-dealkylation sites (N-methyl/N-ethyl adjacent to an activating group) is 1. The predicted molar refractivity (Wildman–Crippen MR) is 84.6 cm³/mol. The van der Waals surface area contributed by atoms with Gasteiger partial charge >= 0.3 is 0 Å². The summed E-state index contributed by atoms with van der Waals surface area (Å²) in [4.78, 5) is 15.8. The zero-order chi connectivity index (χ0) is 15.9. The fourth-order valence-electron chi connectivity index (χ4n) is 2.59. The Labute approximate surface area is 128 Å². The van der Waals surface area contributed by atoms with Crippen LogP contribution in [0, 0.1) is 0 Å². The quantitative estimate of drug-likeness (QED) is 0.634. The molecule has 1 amide bonds. The molecular formula is C14H29N3O3S. The summed E-state index contributed by atoms with van der Waals surface area (Å²) in [6, 6.07) is -0.0308. The molecule has 1 fully saturated rings. The minimum Gasteiger partial charge on any atom is -0.347 e. The van der Waals surface area contributed by atoms with E-state index >= 15 is 0 Å². The first-order valence-electron chi connectivity index (χ1n) is 7.80. The normalized spacial score (nSPS) is 19.9. The lowest BCUT2D eigenvalue weighted by Crippen LogP contribution is -2.43. The Kier molecular flexibility index (Phi) is 7.62. The molecule has 0 spiro atoms. The molecule has 1 rings (SSSR count). The van der Waals surface area contributed by atoms with Crippen LogP contribution in [0.15, 0.2) is 0 Å². The van der Waals surface area contributed by atoms with E-state index in [4.69, 9.17) is 0 Å². The van der Waals surface area contributed by atoms with Crippen molar-refractivity contribution in [3.63, 3.8) is 0 Å². The molecule has 1 heterocycles. The van der Waals surface area contributed by atoms with E-state index in [0.29, 0.717) is 13.0 Å². The highest BCUT2D eigenvalue weighted by atomic mass is 32.2. The van der Waals surface area contributed by atoms with Gasteiger partial charge in [-0.05, 0) is 32.2 Å². The van der Waals surface area contributed by atoms with Crippen molar-refractivity contribution in [2.75, 3.05) is 39.5 Å². The minimum absolute atomic E-state index is 0.0308. The molecule has 0 unspecified atom stereocenters. The van der Waals surface area contributed by atoms with Gasteiger partial charge in [0.25, 0.3) is 0 Å². The number of hydrogen-bond acceptors (Lipinski definition) is 4. The van der Waals surface area contributed by atoms with Crippen LogP contribution in [0.25, 0.3) is 0 Å². The predicted octanol–water partition coefficient (Wildman–Crippen LogP) is 0.649. The molecular weight excluding hydrogens is 290 g/mol. The maximum Gasteiger partial charge on any atom is 0.239 e. The van der Waals surface area contributed by atoms with Gasteiger partial charge in [-0.15, -0.1) is 0 Å². The maximum absolute atomic E-state index is 12.0. The largest absolute Gasteiger partial charge is 0.347 e. The lowest BCUT2D eigenvalue weighted by atomic mass is 10.2. The van der Waals surface area contributed by atoms with Crippen LogP contribution in [0.4, 0.5) is 0 Å². The summed E-state index contributed by atoms with van der Waals surface area (Å²) in [6.45, 7) is 4.11. The first-order chi connectivity index (χ1) is 9.87. The smallest absolute Gasteiger partial charge is 0.239 e. The Morgan fingerprint density at radius 1 is 1.33 bits per heavy atom. The Morgan fingerprint density at radius 2 is 2.05 bits per heavy atom. The average Bonchev–Trinajstić information content (AvgIpc) is 2.88. The van der Waals surface area contributed by atoms with Crippen molar-refractivity contribution in [2.45, 2.75) is 45.1 Å². The molecule has 0 radical (unpaired) electrons. The molecule has 0 bridgehead atoms. The summed E-state index contributed by atoms with van der Waals surface area (Å²) in [5, 5.41) is 0. The zero-order valence-corrected chi connectivity index (χ0v) is 14.3. The SMILES string of the molecule is CCCCS(=O)(=O)NCCCN1CCC[C@H]1C(=O)N(C)C. The van der Waals surface area contributed by atoms with Crippen LogP contribution in [0.3, 0.4) is 0 Å². The fraction of sp³-hybridized carbons (Fsp3) is 0.929. The molecule has 0 aliphatic carbocycles. The van der Waals surface area contributed by atoms with Crippen molar-refractivity contribution in [1.82, 2.24) is 14.5 Å². The number of sulfonamides is 1. The van der Waals surface area contributed by atoms with Gasteiger partial charge in [0.05, 0.1) is 11.8 Å². The summed E-state index contributed by atoms with van der Waals surface area (Å²) in [5.41, 5.74) is 0. The molecule has 0 saturated carbocycles. The molecule has 1 aliphatic heterocycles. The monoisotopic (exact) mass is 319 g/mol. The second-order valence-electron chi connectivity index (χ2n) is 5.85. The van der Waals surface area contributed by atoms with Gasteiger partial charge in [-0.1, -0.05) is 13.3 Å². The third kappa shape index (κ3) is 6.32. The van der Waals surface area contributed by atoms with E-state index < -0.39 is 10.0 Å². The highest BCUT2D eigenvalue weighted by Gasteiger charge is 2.31. The summed E-state index contributed by atoms with van der Waals surface area (Å²) in [6.07, 6.45) is 4.25. The third-order valence-electron chi connectivity index (χ3n) is 3.80. The first-order valence-corrected chi connectivity index (χ1v) is 9.45. The van der Waals surface area contributed by atoms with E-state index in [1.54, 1.807) is 19.0 Å². The summed E-state index contributed by atoms with van der Waals surface area (Å²) in [5.74, 6) is 0.352. The van der Waals surface area contributed by atoms with Crippen molar-refractivity contribution in [1.29, 1.82) is 0 Å². The molecule has 7 heteroatoms. The first kappa shape index (κ1) is 18.4. The van der Waals surface area contributed by atoms with Crippen LogP contribution in [0.1, 0.15) is 39.0 Å². The standard InChI is InChI=1S/C14H29N3O3S/c1-4-5-12-21(19,20)15-9-7-11-17-10-6-8-13(17)14(18)16(2)3/h13,15H,4-12H2,1-3H3/t13-/m0/s1. The second kappa shape index (κ2) is 8.70. The number of carbonyl (C=O) groups excluding carboxylic acids is 1. The number of unbranched alkanes of at least 4 members (excludes halogenated alkanes) is 1. The molecule has 1 atom stereocenters. The van der Waals surface area contributed by atoms with Crippen molar-refractivity contribution in [2.24, 2.45) is 0 Å². The lowest BCUT2D eigenvalue weighted by molar-refractivity contribution is -0.133. The highest BCUT2D eigenvalue weighted by Crippen LogP contribution is 2.18. The zero-order valence-electron chi connectivity index (χ0n) is 13.5. The topological polar surface area (TPSA) is 69.7 Å². The van der Waals surface area contributed by atoms with Gasteiger partial charge in [0.15, 0.2) is 0 Å².